The van der Waals surface area contributed by atoms with Gasteiger partial charge in [0, 0.05) is 50.1 Å². The average molecular weight is 756 g/mol. The topological polar surface area (TPSA) is 174 Å². The number of Topliss-reactive ketones (excluding diaryl/α,β-unsaturated/α-hetero) is 1. The number of methoxy groups -OCH3 is 2. The van der Waals surface area contributed by atoms with Gasteiger partial charge in [-0.25, -0.2) is 0 Å². The number of carbonyl (C=O) groups is 5. The lowest BCUT2D eigenvalue weighted by Gasteiger charge is -2.36. The van der Waals surface area contributed by atoms with E-state index in [9.17, 15) is 24.0 Å². The molecule has 3 heterocycles. The van der Waals surface area contributed by atoms with Crippen LogP contribution in [-0.2, 0) is 33.5 Å². The van der Waals surface area contributed by atoms with Crippen LogP contribution in [0, 0.1) is 23.7 Å². The monoisotopic (exact) mass is 755 g/mol. The molecule has 53 heavy (non-hydrogen) atoms. The molecule has 4 amide bonds. The first kappa shape index (κ1) is 39.9. The molecular weight excluding hydrogens is 706 g/mol. The second-order valence-electron chi connectivity index (χ2n) is 15.2. The first-order chi connectivity index (χ1) is 25.2. The van der Waals surface area contributed by atoms with Crippen molar-refractivity contribution < 1.29 is 43.0 Å². The van der Waals surface area contributed by atoms with E-state index in [-0.39, 0.29) is 50.1 Å². The molecule has 5 rings (SSSR count). The number of hydrogen-bond acceptors (Lipinski definition) is 10. The third-order valence-electron chi connectivity index (χ3n) is 10.1. The highest BCUT2D eigenvalue weighted by Crippen LogP contribution is 2.42. The van der Waals surface area contributed by atoms with Gasteiger partial charge in [0.1, 0.15) is 29.2 Å². The lowest BCUT2D eigenvalue weighted by molar-refractivity contribution is -0.145. The van der Waals surface area contributed by atoms with E-state index in [4.69, 9.17) is 37.1 Å². The molecule has 0 bridgehead atoms. The maximum Gasteiger partial charge on any atom is 0.289 e. The Balaban J connectivity index is 1.46. The van der Waals surface area contributed by atoms with Crippen LogP contribution in [0.4, 0.5) is 0 Å². The highest BCUT2D eigenvalue weighted by molar-refractivity contribution is 6.38. The van der Waals surface area contributed by atoms with E-state index in [1.807, 2.05) is 20.8 Å². The summed E-state index contributed by atoms with van der Waals surface area (Å²) in [6, 6.07) is -0.173. The van der Waals surface area contributed by atoms with Gasteiger partial charge in [0.25, 0.3) is 5.91 Å². The van der Waals surface area contributed by atoms with Crippen LogP contribution in [0.25, 0.3) is 5.70 Å². The van der Waals surface area contributed by atoms with Crippen LogP contribution in [0.1, 0.15) is 77.7 Å². The fourth-order valence-corrected chi connectivity index (χ4v) is 7.12. The van der Waals surface area contributed by atoms with E-state index in [2.05, 4.69) is 27.4 Å². The summed E-state index contributed by atoms with van der Waals surface area (Å²) in [4.78, 5) is 75.9. The minimum absolute atomic E-state index is 0.0233. The van der Waals surface area contributed by atoms with Gasteiger partial charge in [0.2, 0.25) is 23.5 Å². The predicted octanol–water partition coefficient (Wildman–Crippen LogP) is 2.67. The van der Waals surface area contributed by atoms with Crippen molar-refractivity contribution in [3.8, 4) is 23.8 Å². The summed E-state index contributed by atoms with van der Waals surface area (Å²) < 4.78 is 16.4. The summed E-state index contributed by atoms with van der Waals surface area (Å²) in [5, 5.41) is 8.69. The highest BCUT2D eigenvalue weighted by Gasteiger charge is 2.54. The van der Waals surface area contributed by atoms with Gasteiger partial charge in [-0.15, -0.1) is 12.3 Å². The Labute approximate surface area is 315 Å². The molecule has 14 nitrogen and oxygen atoms in total. The maximum atomic E-state index is 14.7. The van der Waals surface area contributed by atoms with Crippen LogP contribution in [0.15, 0.2) is 18.2 Å². The quantitative estimate of drug-likeness (QED) is 0.163. The summed E-state index contributed by atoms with van der Waals surface area (Å²) in [6.45, 7) is 6.59. The number of benzene rings is 1. The zero-order valence-electron chi connectivity index (χ0n) is 31.0. The standard InChI is InChI=1S/C38H50ClN5O9/c1-7-8-9-26(32(46)35(48)40-23-10-11-23)41-34(47)28-20-38(19-27(43-53-38)24-17-25(39)30(51-6)18-29(24)50-5)21-44(28)36(49)33(37(2,3)4)42-31(45)16-22-12-14-52-15-13-22/h1,17-19,22-23,26,28,33,43H,8-16,20-21H2,2-6H3,(H,40,48)(H,41,47)(H,42,45)/t26-,28-,33+,38+/m0/s1. The summed E-state index contributed by atoms with van der Waals surface area (Å²) in [5.74, 6) is 0.389. The molecule has 0 aromatic heterocycles. The molecule has 1 aromatic carbocycles. The van der Waals surface area contributed by atoms with Crippen LogP contribution in [0.2, 0.25) is 5.02 Å². The molecule has 4 N–H and O–H groups in total. The van der Waals surface area contributed by atoms with Crippen molar-refractivity contribution in [2.75, 3.05) is 34.0 Å². The minimum atomic E-state index is -1.22. The van der Waals surface area contributed by atoms with Gasteiger partial charge in [-0.3, -0.25) is 34.3 Å². The zero-order valence-corrected chi connectivity index (χ0v) is 31.7. The van der Waals surface area contributed by atoms with Crippen molar-refractivity contribution in [3.63, 3.8) is 0 Å². The van der Waals surface area contributed by atoms with Crippen LogP contribution in [0.5, 0.6) is 11.5 Å². The third-order valence-corrected chi connectivity index (χ3v) is 10.3. The summed E-state index contributed by atoms with van der Waals surface area (Å²) in [7, 11) is 2.99. The smallest absolute Gasteiger partial charge is 0.289 e. The van der Waals surface area contributed by atoms with E-state index < -0.39 is 52.6 Å². The molecule has 0 radical (unpaired) electrons. The number of terminal acetylenes is 1. The second kappa shape index (κ2) is 16.8. The fraction of sp³-hybridized carbons (Fsp3) is 0.605. The Bertz CT molecular complexity index is 1660. The first-order valence-electron chi connectivity index (χ1n) is 18.0. The maximum absolute atomic E-state index is 14.7. The number of carbonyl (C=O) groups excluding carboxylic acids is 5. The molecule has 1 spiro atoms. The molecule has 288 valence electrons. The van der Waals surface area contributed by atoms with E-state index in [1.165, 1.54) is 19.1 Å². The molecule has 15 heteroatoms. The van der Waals surface area contributed by atoms with E-state index in [0.717, 1.165) is 25.7 Å². The number of rotatable bonds is 14. The normalized spacial score (nSPS) is 22.5. The lowest BCUT2D eigenvalue weighted by Crippen LogP contribution is -2.59. The number of hydroxylamine groups is 1. The molecular formula is C38H50ClN5O9. The molecule has 3 fully saturated rings. The molecule has 3 aliphatic heterocycles. The molecule has 1 saturated carbocycles. The average Bonchev–Trinajstić information content (AvgIpc) is 3.72. The molecule has 4 atom stereocenters. The highest BCUT2D eigenvalue weighted by atomic mass is 35.5. The Morgan fingerprint density at radius 1 is 1.08 bits per heavy atom. The molecule has 4 aliphatic rings. The first-order valence-corrected chi connectivity index (χ1v) is 18.4. The minimum Gasteiger partial charge on any atom is -0.496 e. The molecule has 1 aromatic rings. The van der Waals surface area contributed by atoms with Gasteiger partial charge in [-0.1, -0.05) is 32.4 Å². The Kier molecular flexibility index (Phi) is 12.6. The van der Waals surface area contributed by atoms with Crippen molar-refractivity contribution in [1.29, 1.82) is 0 Å². The van der Waals surface area contributed by atoms with Gasteiger partial charge >= 0.3 is 0 Å². The van der Waals surface area contributed by atoms with Crippen LogP contribution in [0.3, 0.4) is 0 Å². The Hall–Kier alpha value is -4.32. The summed E-state index contributed by atoms with van der Waals surface area (Å²) in [5.41, 5.74) is 1.99. The van der Waals surface area contributed by atoms with Gasteiger partial charge in [0.15, 0.2) is 0 Å². The number of hydrogen-bond donors (Lipinski definition) is 4. The largest absolute Gasteiger partial charge is 0.496 e. The van der Waals surface area contributed by atoms with Crippen molar-refractivity contribution in [1.82, 2.24) is 26.3 Å². The van der Waals surface area contributed by atoms with E-state index in [1.54, 1.807) is 18.2 Å². The van der Waals surface area contributed by atoms with Crippen LogP contribution in [-0.4, -0.2) is 98.1 Å². The predicted molar refractivity (Wildman–Crippen MR) is 195 cm³/mol. The number of ether oxygens (including phenoxy) is 3. The number of nitrogens with one attached hydrogen (secondary N) is 4. The molecule has 1 aliphatic carbocycles. The van der Waals surface area contributed by atoms with Gasteiger partial charge in [-0.2, -0.15) is 0 Å². The Morgan fingerprint density at radius 3 is 2.40 bits per heavy atom. The SMILES string of the molecule is C#CCC[C@H](NC(=O)[C@@H]1C[C@]2(C=C(c3cc(Cl)c(OC)cc3OC)NO2)CN1C(=O)[C@@H](NC(=O)CC1CCOCC1)C(C)(C)C)C(=O)C(=O)NC1CC1. The Morgan fingerprint density at radius 2 is 1.77 bits per heavy atom. The van der Waals surface area contributed by atoms with E-state index in [0.29, 0.717) is 41.0 Å². The van der Waals surface area contributed by atoms with Crippen LogP contribution >= 0.6 is 11.6 Å². The lowest BCUT2D eigenvalue weighted by atomic mass is 9.85. The van der Waals surface area contributed by atoms with Crippen molar-refractivity contribution in [3.05, 3.63) is 28.8 Å². The summed E-state index contributed by atoms with van der Waals surface area (Å²) >= 11 is 6.47. The van der Waals surface area contributed by atoms with Crippen molar-refractivity contribution in [2.24, 2.45) is 11.3 Å². The number of amides is 4. The van der Waals surface area contributed by atoms with Gasteiger partial charge in [0.05, 0.1) is 37.5 Å². The number of nitrogens with zero attached hydrogens (tertiary/aromatic N) is 1. The number of likely N-dealkylation sites (tertiary alicyclic amines) is 1. The number of ketones is 1. The number of halogens is 1. The zero-order chi connectivity index (χ0) is 38.5. The van der Waals surface area contributed by atoms with E-state index >= 15 is 0 Å². The van der Waals surface area contributed by atoms with Gasteiger partial charge < -0.3 is 35.1 Å². The molecule has 2 saturated heterocycles. The van der Waals surface area contributed by atoms with Crippen molar-refractivity contribution >= 4 is 46.7 Å². The fourth-order valence-electron chi connectivity index (χ4n) is 6.88. The van der Waals surface area contributed by atoms with Gasteiger partial charge in [-0.05, 0) is 55.6 Å². The van der Waals surface area contributed by atoms with Crippen LogP contribution < -0.4 is 30.9 Å². The third kappa shape index (κ3) is 9.62. The van der Waals surface area contributed by atoms with Crippen molar-refractivity contribution in [2.45, 2.75) is 102 Å². The summed E-state index contributed by atoms with van der Waals surface area (Å²) in [6.07, 6.45) is 10.7. The second-order valence-corrected chi connectivity index (χ2v) is 15.6. The molecule has 0 unspecified atom stereocenters.